The van der Waals surface area contributed by atoms with Gasteiger partial charge >= 0.3 is 0 Å². The Labute approximate surface area is 182 Å². The molecule has 0 atom stereocenters. The molecule has 0 amide bonds. The molecule has 0 aliphatic carbocycles. The zero-order valence-corrected chi connectivity index (χ0v) is 17.1. The number of fused-ring (bicyclic) bond motifs is 1. The summed E-state index contributed by atoms with van der Waals surface area (Å²) in [5, 5.41) is 19.6. The van der Waals surface area contributed by atoms with Gasteiger partial charge in [0.2, 0.25) is 11.8 Å². The second-order valence-corrected chi connectivity index (χ2v) is 6.99. The molecular weight excluding hydrogens is 408 g/mol. The molecule has 0 bridgehead atoms. The molecule has 0 radical (unpaired) electrons. The van der Waals surface area contributed by atoms with E-state index in [1.54, 1.807) is 13.0 Å². The first-order valence-corrected chi connectivity index (χ1v) is 10.0. The Morgan fingerprint density at radius 3 is 2.31 bits per heavy atom. The van der Waals surface area contributed by atoms with Crippen LogP contribution in [0.2, 0.25) is 0 Å². The maximum absolute atomic E-state index is 13.0. The van der Waals surface area contributed by atoms with Crippen molar-refractivity contribution >= 4 is 10.8 Å². The van der Waals surface area contributed by atoms with Gasteiger partial charge < -0.3 is 19.2 Å². The van der Waals surface area contributed by atoms with Crippen molar-refractivity contribution in [3.63, 3.8) is 0 Å². The lowest BCUT2D eigenvalue weighted by molar-refractivity contribution is 0.331. The lowest BCUT2D eigenvalue weighted by atomic mass is 10.1. The fourth-order valence-corrected chi connectivity index (χ4v) is 3.47. The first kappa shape index (κ1) is 19.5. The Hall–Kier alpha value is -4.46. The van der Waals surface area contributed by atoms with Gasteiger partial charge in [0.05, 0.1) is 12.3 Å². The second-order valence-electron chi connectivity index (χ2n) is 6.99. The molecular formula is C24H18N4O4. The average molecular weight is 426 g/mol. The van der Waals surface area contributed by atoms with E-state index in [9.17, 15) is 9.90 Å². The normalized spacial score (nSPS) is 11.0. The van der Waals surface area contributed by atoms with Gasteiger partial charge in [-0.3, -0.25) is 4.79 Å². The Kier molecular flexibility index (Phi) is 4.87. The molecule has 0 fully saturated rings. The highest BCUT2D eigenvalue weighted by molar-refractivity contribution is 5.96. The minimum Gasteiger partial charge on any atom is -0.505 e. The van der Waals surface area contributed by atoms with E-state index in [0.29, 0.717) is 12.3 Å². The minimum atomic E-state index is -0.483. The van der Waals surface area contributed by atoms with E-state index in [4.69, 9.17) is 9.15 Å². The van der Waals surface area contributed by atoms with E-state index in [-0.39, 0.29) is 39.9 Å². The molecule has 158 valence electrons. The molecule has 8 nitrogen and oxygen atoms in total. The molecule has 5 aromatic rings. The molecule has 0 saturated heterocycles. The summed E-state index contributed by atoms with van der Waals surface area (Å²) in [6.45, 7) is 2.11. The number of hydrogen-bond donors (Lipinski definition) is 2. The molecule has 2 N–H and O–H groups in total. The number of H-pyrrole nitrogens is 1. The van der Waals surface area contributed by atoms with Crippen LogP contribution in [0.5, 0.6) is 11.6 Å². The summed E-state index contributed by atoms with van der Waals surface area (Å²) in [6, 6.07) is 20.3. The highest BCUT2D eigenvalue weighted by Gasteiger charge is 2.22. The summed E-state index contributed by atoms with van der Waals surface area (Å²) in [4.78, 5) is 20.1. The van der Waals surface area contributed by atoms with Crippen LogP contribution in [0.15, 0.2) is 75.9 Å². The number of pyridine rings is 2. The van der Waals surface area contributed by atoms with Gasteiger partial charge in [-0.15, -0.1) is 10.2 Å². The molecule has 0 unspecified atom stereocenters. The van der Waals surface area contributed by atoms with Gasteiger partial charge in [0.25, 0.3) is 11.4 Å². The number of benzene rings is 2. The van der Waals surface area contributed by atoms with E-state index in [1.807, 2.05) is 60.7 Å². The summed E-state index contributed by atoms with van der Waals surface area (Å²) in [5.41, 5.74) is 1.65. The fourth-order valence-electron chi connectivity index (χ4n) is 3.47. The topological polar surface area (TPSA) is 114 Å². The van der Waals surface area contributed by atoms with Crippen molar-refractivity contribution in [1.29, 1.82) is 0 Å². The van der Waals surface area contributed by atoms with Crippen molar-refractivity contribution in [3.8, 4) is 45.9 Å². The summed E-state index contributed by atoms with van der Waals surface area (Å²) in [5.74, 6) is 0.206. The van der Waals surface area contributed by atoms with Gasteiger partial charge in [-0.25, -0.2) is 4.98 Å². The van der Waals surface area contributed by atoms with Gasteiger partial charge in [0.1, 0.15) is 11.1 Å². The molecule has 8 heteroatoms. The zero-order valence-electron chi connectivity index (χ0n) is 17.1. The number of aromatic nitrogens is 4. The third kappa shape index (κ3) is 3.37. The first-order valence-electron chi connectivity index (χ1n) is 10.0. The largest absolute Gasteiger partial charge is 0.505 e. The zero-order chi connectivity index (χ0) is 22.1. The van der Waals surface area contributed by atoms with Crippen LogP contribution in [0, 0.1) is 0 Å². The van der Waals surface area contributed by atoms with Crippen LogP contribution in [0.4, 0.5) is 0 Å². The standard InChI is InChI=1S/C24H18N4O4/c1-2-31-23-18-16(13-17(25-23)14-9-5-3-6-10-14)20(29)19(26-21(18)30)24-28-27-22(32-24)15-11-7-4-8-12-15/h3-13,29H,2H2,1H3,(H,26,30). The molecule has 0 aliphatic rings. The Balaban J connectivity index is 1.72. The Morgan fingerprint density at radius 2 is 1.62 bits per heavy atom. The molecule has 3 heterocycles. The van der Waals surface area contributed by atoms with Crippen LogP contribution in [0.1, 0.15) is 6.92 Å². The number of nitrogens with zero attached hydrogens (tertiary/aromatic N) is 3. The molecule has 32 heavy (non-hydrogen) atoms. The molecule has 0 aliphatic heterocycles. The van der Waals surface area contributed by atoms with Crippen molar-refractivity contribution in [1.82, 2.24) is 20.2 Å². The lowest BCUT2D eigenvalue weighted by Gasteiger charge is -2.11. The van der Waals surface area contributed by atoms with Crippen molar-refractivity contribution in [2.45, 2.75) is 6.92 Å². The molecule has 0 spiro atoms. The van der Waals surface area contributed by atoms with Crippen molar-refractivity contribution in [3.05, 3.63) is 77.1 Å². The highest BCUT2D eigenvalue weighted by Crippen LogP contribution is 2.37. The monoisotopic (exact) mass is 426 g/mol. The predicted octanol–water partition coefficient (Wildman–Crippen LogP) is 4.41. The van der Waals surface area contributed by atoms with E-state index in [2.05, 4.69) is 20.2 Å². The minimum absolute atomic E-state index is 0.00335. The Morgan fingerprint density at radius 1 is 0.969 bits per heavy atom. The third-order valence-electron chi connectivity index (χ3n) is 4.95. The van der Waals surface area contributed by atoms with Crippen LogP contribution in [-0.2, 0) is 0 Å². The molecule has 3 aromatic heterocycles. The van der Waals surface area contributed by atoms with Gasteiger partial charge in [-0.2, -0.15) is 0 Å². The maximum Gasteiger partial charge on any atom is 0.268 e. The van der Waals surface area contributed by atoms with Crippen LogP contribution in [0.3, 0.4) is 0 Å². The molecule has 5 rings (SSSR count). The maximum atomic E-state index is 13.0. The number of rotatable bonds is 5. The van der Waals surface area contributed by atoms with Gasteiger partial charge in [-0.05, 0) is 25.1 Å². The summed E-state index contributed by atoms with van der Waals surface area (Å²) >= 11 is 0. The first-order chi connectivity index (χ1) is 15.7. The van der Waals surface area contributed by atoms with Crippen LogP contribution in [0.25, 0.3) is 45.1 Å². The SMILES string of the molecule is CCOc1nc(-c2ccccc2)cc2c(O)c(-c3nnc(-c4ccccc4)o3)[nH]c(=O)c12. The number of aromatic hydroxyl groups is 1. The van der Waals surface area contributed by atoms with E-state index in [1.165, 1.54) is 0 Å². The van der Waals surface area contributed by atoms with Crippen LogP contribution >= 0.6 is 0 Å². The molecule has 0 saturated carbocycles. The van der Waals surface area contributed by atoms with E-state index < -0.39 is 5.56 Å². The number of hydrogen-bond acceptors (Lipinski definition) is 7. The smallest absolute Gasteiger partial charge is 0.268 e. The number of nitrogens with one attached hydrogen (secondary N) is 1. The number of aromatic amines is 1. The number of ether oxygens (including phenoxy) is 1. The fraction of sp³-hybridized carbons (Fsp3) is 0.0833. The lowest BCUT2D eigenvalue weighted by Crippen LogP contribution is -2.11. The van der Waals surface area contributed by atoms with Crippen LogP contribution < -0.4 is 10.3 Å². The van der Waals surface area contributed by atoms with Gasteiger partial charge in [-0.1, -0.05) is 48.5 Å². The van der Waals surface area contributed by atoms with Crippen molar-refractivity contribution < 1.29 is 14.3 Å². The summed E-state index contributed by atoms with van der Waals surface area (Å²) in [7, 11) is 0. The Bertz CT molecular complexity index is 1460. The predicted molar refractivity (Wildman–Crippen MR) is 119 cm³/mol. The summed E-state index contributed by atoms with van der Waals surface area (Å²) in [6.07, 6.45) is 0. The summed E-state index contributed by atoms with van der Waals surface area (Å²) < 4.78 is 11.4. The van der Waals surface area contributed by atoms with Crippen molar-refractivity contribution in [2.24, 2.45) is 0 Å². The molecule has 2 aromatic carbocycles. The second kappa shape index (κ2) is 7.99. The van der Waals surface area contributed by atoms with Gasteiger partial charge in [0.15, 0.2) is 5.75 Å². The van der Waals surface area contributed by atoms with E-state index >= 15 is 0 Å². The average Bonchev–Trinajstić information content (AvgIpc) is 3.32. The highest BCUT2D eigenvalue weighted by atomic mass is 16.5. The third-order valence-corrected chi connectivity index (χ3v) is 4.95. The van der Waals surface area contributed by atoms with Crippen molar-refractivity contribution in [2.75, 3.05) is 6.61 Å². The quantitative estimate of drug-likeness (QED) is 0.428. The van der Waals surface area contributed by atoms with Crippen LogP contribution in [-0.4, -0.2) is 31.9 Å². The van der Waals surface area contributed by atoms with E-state index in [0.717, 1.165) is 11.1 Å². The van der Waals surface area contributed by atoms with Gasteiger partial charge in [0, 0.05) is 16.5 Å².